The maximum Gasteiger partial charge on any atom is 0.185 e. The predicted molar refractivity (Wildman–Crippen MR) is 115 cm³/mol. The number of hydrogen-bond donors (Lipinski definition) is 2. The molecule has 0 aliphatic rings. The van der Waals surface area contributed by atoms with Crippen LogP contribution in [0.3, 0.4) is 0 Å². The van der Waals surface area contributed by atoms with Gasteiger partial charge < -0.3 is 10.4 Å². The van der Waals surface area contributed by atoms with Gasteiger partial charge in [0.25, 0.3) is 0 Å². The molecule has 0 saturated carbocycles. The van der Waals surface area contributed by atoms with Crippen molar-refractivity contribution in [1.29, 1.82) is 0 Å². The number of thiazole rings is 2. The first-order valence-corrected chi connectivity index (χ1v) is 10.7. The average Bonchev–Trinajstić information content (AvgIpc) is 3.35. The second-order valence-corrected chi connectivity index (χ2v) is 8.80. The fourth-order valence-electron chi connectivity index (χ4n) is 2.86. The molecule has 0 bridgehead atoms. The number of anilines is 1. The van der Waals surface area contributed by atoms with Crippen molar-refractivity contribution in [3.8, 4) is 21.7 Å². The van der Waals surface area contributed by atoms with Gasteiger partial charge in [-0.15, -0.1) is 22.7 Å². The third-order valence-corrected chi connectivity index (χ3v) is 6.19. The number of aliphatic hydroxyl groups excluding tert-OH is 1. The van der Waals surface area contributed by atoms with E-state index in [1.807, 2.05) is 49.7 Å². The van der Waals surface area contributed by atoms with Crippen molar-refractivity contribution < 1.29 is 5.11 Å². The Morgan fingerprint density at radius 2 is 2.11 bits per heavy atom. The Morgan fingerprint density at radius 1 is 1.25 bits per heavy atom. The van der Waals surface area contributed by atoms with Gasteiger partial charge in [0.15, 0.2) is 5.13 Å². The van der Waals surface area contributed by atoms with Crippen LogP contribution in [0.4, 0.5) is 5.13 Å². The molecule has 0 saturated heterocycles. The van der Waals surface area contributed by atoms with Gasteiger partial charge in [-0.05, 0) is 31.5 Å². The van der Waals surface area contributed by atoms with Crippen LogP contribution in [0, 0.1) is 13.8 Å². The van der Waals surface area contributed by atoms with Crippen LogP contribution in [-0.2, 0) is 6.54 Å². The van der Waals surface area contributed by atoms with Gasteiger partial charge in [0.1, 0.15) is 6.23 Å². The molecule has 2 N–H and O–H groups in total. The quantitative estimate of drug-likeness (QED) is 0.427. The van der Waals surface area contributed by atoms with E-state index in [4.69, 9.17) is 11.6 Å². The molecule has 6 nitrogen and oxygen atoms in total. The van der Waals surface area contributed by atoms with E-state index in [1.54, 1.807) is 22.2 Å². The zero-order chi connectivity index (χ0) is 19.7. The SMILES string of the molecule is Cc1nc(C)c(-c2csc(NC(O)Cn3cc(-c4cccc(Cl)c4)cn3)n2)s1. The normalized spacial score (nSPS) is 12.3. The van der Waals surface area contributed by atoms with E-state index in [-0.39, 0.29) is 0 Å². The van der Waals surface area contributed by atoms with Crippen molar-refractivity contribution in [2.45, 2.75) is 26.6 Å². The summed E-state index contributed by atoms with van der Waals surface area (Å²) in [6, 6.07) is 7.60. The van der Waals surface area contributed by atoms with E-state index in [2.05, 4.69) is 20.4 Å². The molecule has 0 fully saturated rings. The largest absolute Gasteiger partial charge is 0.372 e. The van der Waals surface area contributed by atoms with Gasteiger partial charge in [0.2, 0.25) is 0 Å². The standard InChI is InChI=1S/C19H18ClN5OS2/c1-11-18(28-12(2)22-11)16-10-27-19(23-16)24-17(26)9-25-8-14(7-21-25)13-4-3-5-15(20)6-13/h3-8,10,17,26H,9H2,1-2H3,(H,23,24). The number of halogens is 1. The Balaban J connectivity index is 1.41. The van der Waals surface area contributed by atoms with Crippen LogP contribution < -0.4 is 5.32 Å². The summed E-state index contributed by atoms with van der Waals surface area (Å²) in [5.41, 5.74) is 3.79. The highest BCUT2D eigenvalue weighted by atomic mass is 35.5. The maximum atomic E-state index is 10.4. The average molecular weight is 432 g/mol. The zero-order valence-electron chi connectivity index (χ0n) is 15.3. The second-order valence-electron chi connectivity index (χ2n) is 6.31. The van der Waals surface area contributed by atoms with Crippen molar-refractivity contribution in [1.82, 2.24) is 19.7 Å². The van der Waals surface area contributed by atoms with Gasteiger partial charge in [-0.3, -0.25) is 4.68 Å². The van der Waals surface area contributed by atoms with Gasteiger partial charge in [0, 0.05) is 22.2 Å². The third kappa shape index (κ3) is 4.25. The Kier molecular flexibility index (Phi) is 5.45. The Bertz CT molecular complexity index is 1100. The number of rotatable bonds is 6. The molecular formula is C19H18ClN5OS2. The van der Waals surface area contributed by atoms with Crippen molar-refractivity contribution in [2.24, 2.45) is 0 Å². The number of aryl methyl sites for hydroxylation is 2. The highest BCUT2D eigenvalue weighted by Crippen LogP contribution is 2.32. The molecule has 3 heterocycles. The molecule has 9 heteroatoms. The summed E-state index contributed by atoms with van der Waals surface area (Å²) >= 11 is 9.13. The molecule has 3 aromatic heterocycles. The number of nitrogens with one attached hydrogen (secondary N) is 1. The van der Waals surface area contributed by atoms with E-state index < -0.39 is 6.23 Å². The molecule has 0 spiro atoms. The van der Waals surface area contributed by atoms with Crippen molar-refractivity contribution in [3.05, 3.63) is 57.8 Å². The molecule has 0 aliphatic carbocycles. The van der Waals surface area contributed by atoms with Gasteiger partial charge in [-0.1, -0.05) is 23.7 Å². The van der Waals surface area contributed by atoms with E-state index in [9.17, 15) is 5.11 Å². The predicted octanol–water partition coefficient (Wildman–Crippen LogP) is 4.83. The van der Waals surface area contributed by atoms with Crippen molar-refractivity contribution >= 4 is 39.4 Å². The summed E-state index contributed by atoms with van der Waals surface area (Å²) in [6.45, 7) is 4.27. The highest BCUT2D eigenvalue weighted by Gasteiger charge is 2.14. The van der Waals surface area contributed by atoms with Crippen LogP contribution >= 0.6 is 34.3 Å². The molecule has 4 aromatic rings. The molecule has 0 amide bonds. The fourth-order valence-corrected chi connectivity index (χ4v) is 4.75. The van der Waals surface area contributed by atoms with Crippen LogP contribution in [0.25, 0.3) is 21.7 Å². The number of aromatic nitrogens is 4. The summed E-state index contributed by atoms with van der Waals surface area (Å²) in [7, 11) is 0. The summed E-state index contributed by atoms with van der Waals surface area (Å²) in [6.07, 6.45) is 2.83. The second kappa shape index (κ2) is 8.00. The molecule has 0 radical (unpaired) electrons. The van der Waals surface area contributed by atoms with Gasteiger partial charge in [0.05, 0.1) is 34.0 Å². The fraction of sp³-hybridized carbons (Fsp3) is 0.211. The van der Waals surface area contributed by atoms with Gasteiger partial charge in [-0.25, -0.2) is 9.97 Å². The summed E-state index contributed by atoms with van der Waals surface area (Å²) < 4.78 is 1.69. The minimum atomic E-state index is -0.810. The molecule has 1 aromatic carbocycles. The Labute approximate surface area is 175 Å². The summed E-state index contributed by atoms with van der Waals surface area (Å²) in [4.78, 5) is 10.1. The number of nitrogens with zero attached hydrogens (tertiary/aromatic N) is 4. The van der Waals surface area contributed by atoms with Crippen LogP contribution in [0.2, 0.25) is 5.02 Å². The van der Waals surface area contributed by atoms with Crippen LogP contribution in [0.1, 0.15) is 10.7 Å². The maximum absolute atomic E-state index is 10.4. The first-order valence-electron chi connectivity index (χ1n) is 8.61. The Hall–Kier alpha value is -2.26. The third-order valence-electron chi connectivity index (χ3n) is 4.08. The van der Waals surface area contributed by atoms with E-state index >= 15 is 0 Å². The van der Waals surface area contributed by atoms with Gasteiger partial charge >= 0.3 is 0 Å². The lowest BCUT2D eigenvalue weighted by atomic mass is 10.1. The first-order chi connectivity index (χ1) is 13.5. The molecule has 4 rings (SSSR count). The topological polar surface area (TPSA) is 75.9 Å². The van der Waals surface area contributed by atoms with Crippen LogP contribution in [0.5, 0.6) is 0 Å². The molecule has 1 atom stereocenters. The number of hydrogen-bond acceptors (Lipinski definition) is 7. The van der Waals surface area contributed by atoms with Crippen molar-refractivity contribution in [3.63, 3.8) is 0 Å². The molecule has 0 aliphatic heterocycles. The molecule has 1 unspecified atom stereocenters. The summed E-state index contributed by atoms with van der Waals surface area (Å²) in [5.74, 6) is 0. The minimum absolute atomic E-state index is 0.300. The number of aliphatic hydroxyl groups is 1. The van der Waals surface area contributed by atoms with E-state index in [0.717, 1.165) is 32.4 Å². The zero-order valence-corrected chi connectivity index (χ0v) is 17.6. The van der Waals surface area contributed by atoms with Gasteiger partial charge in [-0.2, -0.15) is 5.10 Å². The van der Waals surface area contributed by atoms with Crippen LogP contribution in [-0.4, -0.2) is 31.1 Å². The van der Waals surface area contributed by atoms with E-state index in [1.165, 1.54) is 11.3 Å². The molecule has 144 valence electrons. The lowest BCUT2D eigenvalue weighted by Crippen LogP contribution is -2.25. The minimum Gasteiger partial charge on any atom is -0.372 e. The lowest BCUT2D eigenvalue weighted by molar-refractivity contribution is 0.177. The molecular weight excluding hydrogens is 414 g/mol. The number of benzene rings is 1. The Morgan fingerprint density at radius 3 is 2.86 bits per heavy atom. The van der Waals surface area contributed by atoms with E-state index in [0.29, 0.717) is 16.7 Å². The molecule has 28 heavy (non-hydrogen) atoms. The summed E-state index contributed by atoms with van der Waals surface area (Å²) in [5, 5.41) is 22.1. The first kappa shape index (κ1) is 19.1. The van der Waals surface area contributed by atoms with Crippen molar-refractivity contribution in [2.75, 3.05) is 5.32 Å². The van der Waals surface area contributed by atoms with Crippen LogP contribution in [0.15, 0.2) is 42.0 Å². The smallest absolute Gasteiger partial charge is 0.185 e. The monoisotopic (exact) mass is 431 g/mol. The lowest BCUT2D eigenvalue weighted by Gasteiger charge is -2.11. The highest BCUT2D eigenvalue weighted by molar-refractivity contribution is 7.16.